The summed E-state index contributed by atoms with van der Waals surface area (Å²) in [5, 5.41) is 2.77. The first kappa shape index (κ1) is 14.9. The third-order valence-corrected chi connectivity index (χ3v) is 4.80. The Labute approximate surface area is 131 Å². The molecule has 2 fully saturated rings. The van der Waals surface area contributed by atoms with E-state index in [1.165, 1.54) is 18.9 Å². The lowest BCUT2D eigenvalue weighted by Gasteiger charge is -2.35. The van der Waals surface area contributed by atoms with E-state index >= 15 is 0 Å². The maximum Gasteiger partial charge on any atom is 0.255 e. The van der Waals surface area contributed by atoms with E-state index in [2.05, 4.69) is 26.1 Å². The van der Waals surface area contributed by atoms with Gasteiger partial charge in [-0.2, -0.15) is 0 Å². The molecule has 1 aromatic rings. The summed E-state index contributed by atoms with van der Waals surface area (Å²) in [6, 6.07) is 5.04. The van der Waals surface area contributed by atoms with Crippen LogP contribution >= 0.6 is 15.9 Å². The number of hydrogen-bond donors (Lipinski definition) is 1. The van der Waals surface area contributed by atoms with Crippen LogP contribution in [0.5, 0.6) is 0 Å². The number of halogens is 2. The van der Waals surface area contributed by atoms with Crippen LogP contribution in [0.3, 0.4) is 0 Å². The van der Waals surface area contributed by atoms with E-state index in [0.717, 1.165) is 19.7 Å². The molecule has 0 aliphatic carbocycles. The Morgan fingerprint density at radius 2 is 2.38 bits per heavy atom. The molecule has 0 radical (unpaired) electrons. The molecule has 2 heterocycles. The number of nitrogens with zero attached hydrogens (tertiary/aromatic N) is 1. The second kappa shape index (κ2) is 6.42. The number of carbonyl (C=O) groups excluding carboxylic acids is 1. The van der Waals surface area contributed by atoms with Crippen LogP contribution in [-0.2, 0) is 4.74 Å². The van der Waals surface area contributed by atoms with Gasteiger partial charge >= 0.3 is 0 Å². The third-order valence-electron chi connectivity index (χ3n) is 4.14. The van der Waals surface area contributed by atoms with Gasteiger partial charge in [-0.05, 0) is 47.4 Å². The number of morpholine rings is 1. The molecule has 1 amide bonds. The summed E-state index contributed by atoms with van der Waals surface area (Å²) in [5.74, 6) is -0.932. The second-order valence-electron chi connectivity index (χ2n) is 5.55. The zero-order chi connectivity index (χ0) is 14.8. The van der Waals surface area contributed by atoms with Crippen molar-refractivity contribution in [3.8, 4) is 0 Å². The van der Waals surface area contributed by atoms with E-state index in [0.29, 0.717) is 17.1 Å². The van der Waals surface area contributed by atoms with Crippen LogP contribution in [0.15, 0.2) is 22.7 Å². The first-order chi connectivity index (χ1) is 10.1. The monoisotopic (exact) mass is 356 g/mol. The molecule has 0 bridgehead atoms. The van der Waals surface area contributed by atoms with Gasteiger partial charge in [-0.3, -0.25) is 9.69 Å². The Balaban J connectivity index is 1.56. The normalized spacial score (nSPS) is 25.6. The van der Waals surface area contributed by atoms with Crippen molar-refractivity contribution in [2.75, 3.05) is 26.2 Å². The molecular formula is C15H18BrFN2O2. The standard InChI is InChI=1S/C15H18BrFN2O2/c16-12-4-1-5-13(17)14(12)15(20)18-7-11-8-19-6-2-3-10(19)9-21-11/h1,4-5,10-11H,2-3,6-9H2,(H,18,20). The van der Waals surface area contributed by atoms with Crippen LogP contribution in [-0.4, -0.2) is 49.2 Å². The van der Waals surface area contributed by atoms with Gasteiger partial charge in [0.05, 0.1) is 18.3 Å². The van der Waals surface area contributed by atoms with Gasteiger partial charge in [-0.15, -0.1) is 0 Å². The minimum absolute atomic E-state index is 0.0196. The second-order valence-corrected chi connectivity index (χ2v) is 6.41. The first-order valence-electron chi connectivity index (χ1n) is 7.23. The quantitative estimate of drug-likeness (QED) is 0.902. The highest BCUT2D eigenvalue weighted by Gasteiger charge is 2.32. The molecule has 6 heteroatoms. The van der Waals surface area contributed by atoms with Crippen LogP contribution in [0.25, 0.3) is 0 Å². The average molecular weight is 357 g/mol. The maximum absolute atomic E-state index is 13.7. The predicted molar refractivity (Wildman–Crippen MR) is 80.8 cm³/mol. The van der Waals surface area contributed by atoms with Gasteiger partial charge in [0.1, 0.15) is 5.82 Å². The van der Waals surface area contributed by atoms with E-state index in [-0.39, 0.29) is 11.7 Å². The lowest BCUT2D eigenvalue weighted by molar-refractivity contribution is -0.0462. The van der Waals surface area contributed by atoms with E-state index in [1.54, 1.807) is 12.1 Å². The van der Waals surface area contributed by atoms with Crippen LogP contribution < -0.4 is 5.32 Å². The number of fused-ring (bicyclic) bond motifs is 1. The van der Waals surface area contributed by atoms with Gasteiger partial charge < -0.3 is 10.1 Å². The number of rotatable bonds is 3. The molecule has 2 atom stereocenters. The summed E-state index contributed by atoms with van der Waals surface area (Å²) in [5.41, 5.74) is 0.0485. The van der Waals surface area contributed by atoms with Gasteiger partial charge in [0, 0.05) is 23.6 Å². The number of benzene rings is 1. The molecule has 0 saturated carbocycles. The number of carbonyl (C=O) groups is 1. The molecule has 0 aromatic heterocycles. The van der Waals surface area contributed by atoms with Crippen molar-refractivity contribution in [1.82, 2.24) is 10.2 Å². The van der Waals surface area contributed by atoms with Gasteiger partial charge in [-0.25, -0.2) is 4.39 Å². The van der Waals surface area contributed by atoms with Gasteiger partial charge in [0.2, 0.25) is 0 Å². The minimum Gasteiger partial charge on any atom is -0.373 e. The Kier molecular flexibility index (Phi) is 4.57. The van der Waals surface area contributed by atoms with Crippen molar-refractivity contribution < 1.29 is 13.9 Å². The Bertz CT molecular complexity index is 520. The maximum atomic E-state index is 13.7. The molecule has 3 rings (SSSR count). The number of ether oxygens (including phenoxy) is 1. The molecule has 21 heavy (non-hydrogen) atoms. The van der Waals surface area contributed by atoms with Crippen molar-refractivity contribution in [3.05, 3.63) is 34.1 Å². The van der Waals surface area contributed by atoms with Gasteiger partial charge in [-0.1, -0.05) is 6.07 Å². The predicted octanol–water partition coefficient (Wildman–Crippen LogP) is 2.18. The Hall–Kier alpha value is -0.980. The highest BCUT2D eigenvalue weighted by Crippen LogP contribution is 2.23. The zero-order valence-corrected chi connectivity index (χ0v) is 13.2. The molecule has 2 aliphatic rings. The molecule has 4 nitrogen and oxygen atoms in total. The minimum atomic E-state index is -0.522. The number of amides is 1. The fourth-order valence-electron chi connectivity index (χ4n) is 3.02. The van der Waals surface area contributed by atoms with E-state index in [9.17, 15) is 9.18 Å². The van der Waals surface area contributed by atoms with Gasteiger partial charge in [0.25, 0.3) is 5.91 Å². The largest absolute Gasteiger partial charge is 0.373 e. The lowest BCUT2D eigenvalue weighted by atomic mass is 10.1. The van der Waals surface area contributed by atoms with Crippen LogP contribution in [0.4, 0.5) is 4.39 Å². The molecular weight excluding hydrogens is 339 g/mol. The van der Waals surface area contributed by atoms with E-state index < -0.39 is 11.7 Å². The molecule has 1 aromatic carbocycles. The molecule has 2 aliphatic heterocycles. The van der Waals surface area contributed by atoms with Crippen LogP contribution in [0.1, 0.15) is 23.2 Å². The highest BCUT2D eigenvalue weighted by atomic mass is 79.9. The first-order valence-corrected chi connectivity index (χ1v) is 8.02. The van der Waals surface area contributed by atoms with Crippen molar-refractivity contribution in [1.29, 1.82) is 0 Å². The van der Waals surface area contributed by atoms with E-state index in [1.807, 2.05) is 0 Å². The fourth-order valence-corrected chi connectivity index (χ4v) is 3.54. The van der Waals surface area contributed by atoms with Crippen molar-refractivity contribution in [2.45, 2.75) is 25.0 Å². The SMILES string of the molecule is O=C(NCC1CN2CCCC2CO1)c1c(F)cccc1Br. The molecule has 0 spiro atoms. The summed E-state index contributed by atoms with van der Waals surface area (Å²) < 4.78 is 20.0. The number of nitrogens with one attached hydrogen (secondary N) is 1. The Morgan fingerprint density at radius 1 is 1.52 bits per heavy atom. The smallest absolute Gasteiger partial charge is 0.255 e. The summed E-state index contributed by atoms with van der Waals surface area (Å²) in [4.78, 5) is 14.5. The number of hydrogen-bond acceptors (Lipinski definition) is 3. The summed E-state index contributed by atoms with van der Waals surface area (Å²) >= 11 is 3.21. The summed E-state index contributed by atoms with van der Waals surface area (Å²) in [6.45, 7) is 3.08. The van der Waals surface area contributed by atoms with Crippen molar-refractivity contribution in [3.63, 3.8) is 0 Å². The lowest BCUT2D eigenvalue weighted by Crippen LogP contribution is -2.50. The van der Waals surface area contributed by atoms with Crippen molar-refractivity contribution in [2.24, 2.45) is 0 Å². The third kappa shape index (κ3) is 3.27. The van der Waals surface area contributed by atoms with Crippen LogP contribution in [0.2, 0.25) is 0 Å². The average Bonchev–Trinajstić information content (AvgIpc) is 2.92. The van der Waals surface area contributed by atoms with Crippen molar-refractivity contribution >= 4 is 21.8 Å². The molecule has 2 saturated heterocycles. The zero-order valence-electron chi connectivity index (χ0n) is 11.6. The molecule has 1 N–H and O–H groups in total. The molecule has 114 valence electrons. The summed E-state index contributed by atoms with van der Waals surface area (Å²) in [7, 11) is 0. The molecule has 2 unspecified atom stereocenters. The highest BCUT2D eigenvalue weighted by molar-refractivity contribution is 9.10. The van der Waals surface area contributed by atoms with Gasteiger partial charge in [0.15, 0.2) is 0 Å². The summed E-state index contributed by atoms with van der Waals surface area (Å²) in [6.07, 6.45) is 2.39. The fraction of sp³-hybridized carbons (Fsp3) is 0.533. The van der Waals surface area contributed by atoms with Crippen LogP contribution in [0, 0.1) is 5.82 Å². The topological polar surface area (TPSA) is 41.6 Å². The Morgan fingerprint density at radius 3 is 3.19 bits per heavy atom. The van der Waals surface area contributed by atoms with E-state index in [4.69, 9.17) is 4.74 Å².